The number of aromatic nitrogens is 1. The lowest BCUT2D eigenvalue weighted by Gasteiger charge is -2.23. The Morgan fingerprint density at radius 3 is 2.05 bits per heavy atom. The van der Waals surface area contributed by atoms with Crippen molar-refractivity contribution in [1.29, 1.82) is 0 Å². The largest absolute Gasteiger partial charge is 0.494 e. The highest BCUT2D eigenvalue weighted by molar-refractivity contribution is 7.09. The summed E-state index contributed by atoms with van der Waals surface area (Å²) in [7, 11) is 0. The number of amides is 1. The molecule has 0 atom stereocenters. The van der Waals surface area contributed by atoms with Gasteiger partial charge in [-0.05, 0) is 37.1 Å². The summed E-state index contributed by atoms with van der Waals surface area (Å²) in [6.07, 6.45) is 18.3. The zero-order valence-electron chi connectivity index (χ0n) is 24.5. The quantitative estimate of drug-likeness (QED) is 0.110. The monoisotopic (exact) mass is 549 g/mol. The molecule has 1 aromatic heterocycles. The van der Waals surface area contributed by atoms with Crippen LogP contribution in [0.5, 0.6) is 5.75 Å². The maximum atomic E-state index is 12.7. The molecule has 0 fully saturated rings. The topological polar surface area (TPSA) is 33.4 Å². The Morgan fingerprint density at radius 2 is 1.46 bits per heavy atom. The van der Waals surface area contributed by atoms with Crippen molar-refractivity contribution in [3.63, 3.8) is 0 Å². The van der Waals surface area contributed by atoms with Crippen LogP contribution in [-0.2, 0) is 17.9 Å². The number of aryl methyl sites for hydroxylation is 1. The van der Waals surface area contributed by atoms with Crippen molar-refractivity contribution < 1.29 is 14.1 Å². The highest BCUT2D eigenvalue weighted by Crippen LogP contribution is 2.24. The van der Waals surface area contributed by atoms with Crippen molar-refractivity contribution >= 4 is 22.9 Å². The van der Waals surface area contributed by atoms with Gasteiger partial charge in [0.2, 0.25) is 11.4 Å². The molecule has 3 rings (SSSR count). The van der Waals surface area contributed by atoms with E-state index in [2.05, 4.69) is 48.3 Å². The third-order valence-electron chi connectivity index (χ3n) is 7.27. The fraction of sp³-hybridized carbons (Fsp3) is 0.529. The summed E-state index contributed by atoms with van der Waals surface area (Å²) in [5, 5.41) is 0. The molecular formula is C34H49N2O2S+. The number of nitrogens with zero attached hydrogens (tertiary/aromatic N) is 2. The second-order valence-corrected chi connectivity index (χ2v) is 11.8. The third kappa shape index (κ3) is 11.5. The number of hydrogen-bond acceptors (Lipinski definition) is 3. The summed E-state index contributed by atoms with van der Waals surface area (Å²) >= 11 is 1.73. The normalized spacial score (nSPS) is 11.1. The number of hydrogen-bond donors (Lipinski definition) is 0. The standard InChI is InChI=1S/C34H49N2O2S/c1-4-5-6-7-8-9-10-11-12-13-14-17-24-38-33-22-20-31(21-23-33)26-36(30(3)37)34-19-16-15-18-32(34)27-35-25-29(2)39-28-35/h15-16,18-23,25,28H,4-14,17,24,26-27H2,1-3H3/q+1. The minimum Gasteiger partial charge on any atom is -0.494 e. The Hall–Kier alpha value is -2.66. The number of anilines is 1. The molecular weight excluding hydrogens is 500 g/mol. The first kappa shape index (κ1) is 30.9. The zero-order chi connectivity index (χ0) is 27.7. The Morgan fingerprint density at radius 1 is 0.846 bits per heavy atom. The van der Waals surface area contributed by atoms with Gasteiger partial charge < -0.3 is 9.64 Å². The van der Waals surface area contributed by atoms with E-state index < -0.39 is 0 Å². The molecule has 0 aliphatic heterocycles. The molecule has 0 N–H and O–H groups in total. The van der Waals surface area contributed by atoms with E-state index in [-0.39, 0.29) is 5.91 Å². The van der Waals surface area contributed by atoms with Gasteiger partial charge in [0, 0.05) is 12.5 Å². The van der Waals surface area contributed by atoms with Gasteiger partial charge in [-0.1, -0.05) is 119 Å². The van der Waals surface area contributed by atoms with Crippen molar-refractivity contribution in [3.8, 4) is 5.75 Å². The van der Waals surface area contributed by atoms with Crippen molar-refractivity contribution in [1.82, 2.24) is 0 Å². The van der Waals surface area contributed by atoms with Gasteiger partial charge in [-0.3, -0.25) is 4.79 Å². The SMILES string of the molecule is CCCCCCCCCCCCCCOc1ccc(CN(C(C)=O)c2ccccc2C[n+]2csc(C)c2)cc1. The average molecular weight is 550 g/mol. The first-order chi connectivity index (χ1) is 19.1. The summed E-state index contributed by atoms with van der Waals surface area (Å²) in [4.78, 5) is 15.8. The molecule has 0 spiro atoms. The minimum atomic E-state index is 0.0428. The van der Waals surface area contributed by atoms with Crippen LogP contribution in [0.4, 0.5) is 5.69 Å². The van der Waals surface area contributed by atoms with Crippen molar-refractivity contribution in [2.24, 2.45) is 0 Å². The number of carbonyl (C=O) groups is 1. The molecule has 0 radical (unpaired) electrons. The van der Waals surface area contributed by atoms with Crippen LogP contribution in [0.2, 0.25) is 0 Å². The highest BCUT2D eigenvalue weighted by Gasteiger charge is 2.18. The van der Waals surface area contributed by atoms with Crippen LogP contribution >= 0.6 is 11.3 Å². The first-order valence-electron chi connectivity index (χ1n) is 15.1. The summed E-state index contributed by atoms with van der Waals surface area (Å²) < 4.78 is 8.18. The molecule has 39 heavy (non-hydrogen) atoms. The minimum absolute atomic E-state index is 0.0428. The molecule has 3 aromatic rings. The molecule has 2 aromatic carbocycles. The van der Waals surface area contributed by atoms with E-state index in [1.807, 2.05) is 35.2 Å². The van der Waals surface area contributed by atoms with Gasteiger partial charge in [0.15, 0.2) is 12.7 Å². The third-order valence-corrected chi connectivity index (χ3v) is 8.12. The van der Waals surface area contributed by atoms with E-state index in [9.17, 15) is 4.79 Å². The Bertz CT molecular complexity index is 1090. The molecule has 1 amide bonds. The van der Waals surface area contributed by atoms with Gasteiger partial charge in [-0.2, -0.15) is 4.57 Å². The highest BCUT2D eigenvalue weighted by atomic mass is 32.1. The van der Waals surface area contributed by atoms with Crippen molar-refractivity contribution in [2.75, 3.05) is 11.5 Å². The van der Waals surface area contributed by atoms with Gasteiger partial charge in [-0.25, -0.2) is 0 Å². The van der Waals surface area contributed by atoms with Crippen LogP contribution in [0, 0.1) is 6.92 Å². The maximum absolute atomic E-state index is 12.7. The Kier molecular flexibility index (Phi) is 14.1. The number of rotatable bonds is 19. The summed E-state index contributed by atoms with van der Waals surface area (Å²) in [6, 6.07) is 16.4. The molecule has 0 aliphatic rings. The van der Waals surface area contributed by atoms with Gasteiger partial charge in [-0.15, -0.1) is 0 Å². The van der Waals surface area contributed by atoms with Gasteiger partial charge in [0.1, 0.15) is 5.75 Å². The maximum Gasteiger partial charge on any atom is 0.225 e. The fourth-order valence-corrected chi connectivity index (χ4v) is 5.64. The zero-order valence-corrected chi connectivity index (χ0v) is 25.3. The Labute approximate surface area is 241 Å². The molecule has 5 heteroatoms. The molecule has 0 unspecified atom stereocenters. The van der Waals surface area contributed by atoms with E-state index in [4.69, 9.17) is 4.74 Å². The van der Waals surface area contributed by atoms with E-state index >= 15 is 0 Å². The fourth-order valence-electron chi connectivity index (χ4n) is 5.01. The lowest BCUT2D eigenvalue weighted by molar-refractivity contribution is -0.683. The van der Waals surface area contributed by atoms with Crippen LogP contribution in [0.15, 0.2) is 60.2 Å². The smallest absolute Gasteiger partial charge is 0.225 e. The van der Waals surface area contributed by atoms with Gasteiger partial charge in [0.25, 0.3) is 0 Å². The van der Waals surface area contributed by atoms with Crippen molar-refractivity contribution in [3.05, 3.63) is 76.2 Å². The summed E-state index contributed by atoms with van der Waals surface area (Å²) in [5.41, 5.74) is 5.32. The number of para-hydroxylation sites is 1. The average Bonchev–Trinajstić information content (AvgIpc) is 3.35. The number of carbonyl (C=O) groups excluding carboxylic acids is 1. The molecule has 0 saturated heterocycles. The predicted molar refractivity (Wildman–Crippen MR) is 165 cm³/mol. The first-order valence-corrected chi connectivity index (χ1v) is 16.0. The second kappa shape index (κ2) is 17.8. The van der Waals surface area contributed by atoms with E-state index in [1.165, 1.54) is 75.5 Å². The number of benzene rings is 2. The molecule has 0 saturated carbocycles. The molecule has 1 heterocycles. The number of thiazole rings is 1. The van der Waals surface area contributed by atoms with Crippen LogP contribution in [0.1, 0.15) is 107 Å². The van der Waals surface area contributed by atoms with E-state index in [0.29, 0.717) is 6.54 Å². The molecule has 0 aliphatic carbocycles. The van der Waals surface area contributed by atoms with E-state index in [0.717, 1.165) is 42.1 Å². The van der Waals surface area contributed by atoms with Gasteiger partial charge >= 0.3 is 0 Å². The van der Waals surface area contributed by atoms with E-state index in [1.54, 1.807) is 18.3 Å². The van der Waals surface area contributed by atoms with Crippen LogP contribution in [0.25, 0.3) is 0 Å². The lowest BCUT2D eigenvalue weighted by Crippen LogP contribution is -2.34. The summed E-state index contributed by atoms with van der Waals surface area (Å²) in [6.45, 7) is 8.09. The summed E-state index contributed by atoms with van der Waals surface area (Å²) in [5.74, 6) is 0.946. The molecule has 0 bridgehead atoms. The second-order valence-electron chi connectivity index (χ2n) is 10.8. The molecule has 212 valence electrons. The molecule has 4 nitrogen and oxygen atoms in total. The number of ether oxygens (including phenoxy) is 1. The predicted octanol–water partition coefficient (Wildman–Crippen LogP) is 9.03. The van der Waals surface area contributed by atoms with Gasteiger partial charge in [0.05, 0.1) is 23.7 Å². The van der Waals surface area contributed by atoms with Crippen LogP contribution in [0.3, 0.4) is 0 Å². The van der Waals surface area contributed by atoms with Crippen molar-refractivity contribution in [2.45, 2.75) is 111 Å². The Balaban J connectivity index is 1.38. The lowest BCUT2D eigenvalue weighted by atomic mass is 10.1. The van der Waals surface area contributed by atoms with Crippen LogP contribution < -0.4 is 14.2 Å². The number of unbranched alkanes of at least 4 members (excludes halogenated alkanes) is 11. The van der Waals surface area contributed by atoms with Crippen LogP contribution in [-0.4, -0.2) is 12.5 Å².